The van der Waals surface area contributed by atoms with Gasteiger partial charge in [-0.2, -0.15) is 0 Å². The molecule has 1 aromatic rings. The van der Waals surface area contributed by atoms with Crippen molar-refractivity contribution in [3.8, 4) is 5.75 Å². The van der Waals surface area contributed by atoms with Crippen molar-refractivity contribution in [3.05, 3.63) is 34.4 Å². The number of nitrogens with zero attached hydrogens (tertiary/aromatic N) is 1. The lowest BCUT2D eigenvalue weighted by Gasteiger charge is -2.21. The zero-order valence-corrected chi connectivity index (χ0v) is 17.3. The molecule has 8 nitrogen and oxygen atoms in total. The molecule has 0 aliphatic carbocycles. The van der Waals surface area contributed by atoms with Gasteiger partial charge in [-0.1, -0.05) is 11.6 Å². The van der Waals surface area contributed by atoms with E-state index in [-0.39, 0.29) is 18.7 Å². The highest BCUT2D eigenvalue weighted by Crippen LogP contribution is 2.25. The standard InChI is InChI=1S/C19H25ClN2O6/c1-19(2,3)28-18(26)21-10-16(23)22(4)11-13(17(24)25)8-12-9-14(20)6-7-15(12)27-5/h6-9H,10-11H2,1-5H3,(H,21,26)(H,24,25)/b13-8+. The van der Waals surface area contributed by atoms with Crippen molar-refractivity contribution in [2.75, 3.05) is 27.2 Å². The molecule has 1 rings (SSSR count). The first kappa shape index (κ1) is 23.3. The lowest BCUT2D eigenvalue weighted by molar-refractivity contribution is -0.133. The van der Waals surface area contributed by atoms with E-state index >= 15 is 0 Å². The summed E-state index contributed by atoms with van der Waals surface area (Å²) >= 11 is 5.96. The van der Waals surface area contributed by atoms with E-state index in [1.807, 2.05) is 0 Å². The number of rotatable bonds is 7. The van der Waals surface area contributed by atoms with E-state index in [1.165, 1.54) is 25.1 Å². The number of benzene rings is 1. The van der Waals surface area contributed by atoms with Crippen LogP contribution in [0.2, 0.25) is 5.02 Å². The molecule has 2 N–H and O–H groups in total. The predicted octanol–water partition coefficient (Wildman–Crippen LogP) is 2.80. The fraction of sp³-hybridized carbons (Fsp3) is 0.421. The summed E-state index contributed by atoms with van der Waals surface area (Å²) in [6, 6.07) is 4.80. The lowest BCUT2D eigenvalue weighted by atomic mass is 10.1. The molecule has 154 valence electrons. The van der Waals surface area contributed by atoms with E-state index in [1.54, 1.807) is 39.0 Å². The van der Waals surface area contributed by atoms with Crippen molar-refractivity contribution in [2.24, 2.45) is 0 Å². The SMILES string of the molecule is COc1ccc(Cl)cc1/C=C(\CN(C)C(=O)CNC(=O)OC(C)(C)C)C(=O)O. The molecule has 0 radical (unpaired) electrons. The smallest absolute Gasteiger partial charge is 0.408 e. The number of hydrogen-bond donors (Lipinski definition) is 2. The second-order valence-corrected chi connectivity index (χ2v) is 7.40. The van der Waals surface area contributed by atoms with Crippen molar-refractivity contribution < 1.29 is 29.0 Å². The number of carbonyl (C=O) groups excluding carboxylic acids is 2. The number of ether oxygens (including phenoxy) is 2. The maximum Gasteiger partial charge on any atom is 0.408 e. The average Bonchev–Trinajstić information content (AvgIpc) is 2.57. The van der Waals surface area contributed by atoms with Crippen LogP contribution in [0.15, 0.2) is 23.8 Å². The Hall–Kier alpha value is -2.74. The van der Waals surface area contributed by atoms with Crippen LogP contribution in [-0.4, -0.2) is 60.8 Å². The molecule has 0 bridgehead atoms. The van der Waals surface area contributed by atoms with Gasteiger partial charge in [-0.05, 0) is 45.0 Å². The second kappa shape index (κ2) is 9.98. The summed E-state index contributed by atoms with van der Waals surface area (Å²) in [7, 11) is 2.89. The highest BCUT2D eigenvalue weighted by molar-refractivity contribution is 6.30. The lowest BCUT2D eigenvalue weighted by Crippen LogP contribution is -2.41. The topological polar surface area (TPSA) is 105 Å². The molecule has 28 heavy (non-hydrogen) atoms. The largest absolute Gasteiger partial charge is 0.496 e. The molecule has 0 spiro atoms. The van der Waals surface area contributed by atoms with Gasteiger partial charge in [-0.15, -0.1) is 0 Å². The van der Waals surface area contributed by atoms with Gasteiger partial charge in [-0.25, -0.2) is 9.59 Å². The Morgan fingerprint density at radius 1 is 1.29 bits per heavy atom. The molecular formula is C19H25ClN2O6. The predicted molar refractivity (Wildman–Crippen MR) is 105 cm³/mol. The van der Waals surface area contributed by atoms with Crippen LogP contribution in [0.3, 0.4) is 0 Å². The number of likely N-dealkylation sites (N-methyl/N-ethyl adjacent to an activating group) is 1. The minimum Gasteiger partial charge on any atom is -0.496 e. The summed E-state index contributed by atoms with van der Waals surface area (Å²) < 4.78 is 10.3. The van der Waals surface area contributed by atoms with Gasteiger partial charge in [0.15, 0.2) is 0 Å². The van der Waals surface area contributed by atoms with Crippen molar-refractivity contribution in [3.63, 3.8) is 0 Å². The number of carbonyl (C=O) groups is 3. The molecule has 0 saturated heterocycles. The van der Waals surface area contributed by atoms with Crippen molar-refractivity contribution in [1.82, 2.24) is 10.2 Å². The number of alkyl carbamates (subject to hydrolysis) is 1. The Bertz CT molecular complexity index is 770. The zero-order chi connectivity index (χ0) is 21.5. The molecular weight excluding hydrogens is 388 g/mol. The van der Waals surface area contributed by atoms with Gasteiger partial charge >= 0.3 is 12.1 Å². The summed E-state index contributed by atoms with van der Waals surface area (Å²) in [5, 5.41) is 12.2. The minimum atomic E-state index is -1.19. The van der Waals surface area contributed by atoms with Gasteiger partial charge in [0.1, 0.15) is 17.9 Å². The summed E-state index contributed by atoms with van der Waals surface area (Å²) in [4.78, 5) is 36.6. The normalized spacial score (nSPS) is 11.6. The second-order valence-electron chi connectivity index (χ2n) is 6.97. The first-order valence-corrected chi connectivity index (χ1v) is 8.79. The number of amides is 2. The Labute approximate surface area is 169 Å². The third-order valence-electron chi connectivity index (χ3n) is 3.41. The molecule has 9 heteroatoms. The van der Waals surface area contributed by atoms with Gasteiger partial charge in [0.05, 0.1) is 19.2 Å². The van der Waals surface area contributed by atoms with Crippen LogP contribution in [0.4, 0.5) is 4.79 Å². The number of aliphatic carboxylic acids is 1. The van der Waals surface area contributed by atoms with Crippen LogP contribution in [0.1, 0.15) is 26.3 Å². The van der Waals surface area contributed by atoms with E-state index in [4.69, 9.17) is 21.1 Å². The highest BCUT2D eigenvalue weighted by atomic mass is 35.5. The zero-order valence-electron chi connectivity index (χ0n) is 16.5. The average molecular weight is 413 g/mol. The number of halogens is 1. The summed E-state index contributed by atoms with van der Waals surface area (Å²) in [5.74, 6) is -1.22. The molecule has 1 aromatic carbocycles. The molecule has 0 heterocycles. The third-order valence-corrected chi connectivity index (χ3v) is 3.65. The molecule has 0 aliphatic heterocycles. The van der Waals surface area contributed by atoms with E-state index in [2.05, 4.69) is 5.32 Å². The Morgan fingerprint density at radius 2 is 1.93 bits per heavy atom. The number of methoxy groups -OCH3 is 1. The summed E-state index contributed by atoms with van der Waals surface area (Å²) in [6.45, 7) is 4.61. The molecule has 0 atom stereocenters. The van der Waals surface area contributed by atoms with Crippen molar-refractivity contribution in [1.29, 1.82) is 0 Å². The van der Waals surface area contributed by atoms with Crippen molar-refractivity contribution in [2.45, 2.75) is 26.4 Å². The fourth-order valence-electron chi connectivity index (χ4n) is 2.12. The van der Waals surface area contributed by atoms with Crippen LogP contribution in [0.25, 0.3) is 6.08 Å². The number of nitrogens with one attached hydrogen (secondary N) is 1. The number of carboxylic acids is 1. The quantitative estimate of drug-likeness (QED) is 0.667. The van der Waals surface area contributed by atoms with Gasteiger partial charge < -0.3 is 24.8 Å². The highest BCUT2D eigenvalue weighted by Gasteiger charge is 2.19. The van der Waals surface area contributed by atoms with Crippen LogP contribution in [-0.2, 0) is 14.3 Å². The van der Waals surface area contributed by atoms with E-state index in [0.29, 0.717) is 16.3 Å². The van der Waals surface area contributed by atoms with Gasteiger partial charge in [0.2, 0.25) is 5.91 Å². The fourth-order valence-corrected chi connectivity index (χ4v) is 2.30. The van der Waals surface area contributed by atoms with Gasteiger partial charge in [0.25, 0.3) is 0 Å². The minimum absolute atomic E-state index is 0.0475. The summed E-state index contributed by atoms with van der Waals surface area (Å²) in [6.07, 6.45) is 0.657. The molecule has 2 amide bonds. The monoisotopic (exact) mass is 412 g/mol. The molecule has 0 fully saturated rings. The van der Waals surface area contributed by atoms with E-state index in [9.17, 15) is 19.5 Å². The Balaban J connectivity index is 2.84. The van der Waals surface area contributed by atoms with Gasteiger partial charge in [0, 0.05) is 17.6 Å². The molecule has 0 aliphatic rings. The maximum absolute atomic E-state index is 12.2. The molecule has 0 saturated carbocycles. The first-order chi connectivity index (χ1) is 12.9. The maximum atomic E-state index is 12.2. The Morgan fingerprint density at radius 3 is 2.46 bits per heavy atom. The molecule has 0 unspecified atom stereocenters. The number of hydrogen-bond acceptors (Lipinski definition) is 5. The van der Waals surface area contributed by atoms with Crippen LogP contribution in [0, 0.1) is 0 Å². The van der Waals surface area contributed by atoms with Crippen molar-refractivity contribution >= 4 is 35.6 Å². The van der Waals surface area contributed by atoms with Crippen LogP contribution >= 0.6 is 11.6 Å². The summed E-state index contributed by atoms with van der Waals surface area (Å²) in [5.41, 5.74) is -0.261. The van der Waals surface area contributed by atoms with Gasteiger partial charge in [-0.3, -0.25) is 4.79 Å². The molecule has 0 aromatic heterocycles. The van der Waals surface area contributed by atoms with E-state index < -0.39 is 23.6 Å². The van der Waals surface area contributed by atoms with E-state index in [0.717, 1.165) is 0 Å². The number of carboxylic acid groups (broad SMARTS) is 1. The Kier molecular flexibility index (Phi) is 8.31. The van der Waals surface area contributed by atoms with Crippen LogP contribution in [0.5, 0.6) is 5.75 Å². The third kappa shape index (κ3) is 7.87. The van der Waals surface area contributed by atoms with Crippen LogP contribution < -0.4 is 10.1 Å². The first-order valence-electron chi connectivity index (χ1n) is 8.41.